The van der Waals surface area contributed by atoms with Crippen molar-refractivity contribution < 1.29 is 22.6 Å². The highest BCUT2D eigenvalue weighted by molar-refractivity contribution is 9.10. The number of methoxy groups -OCH3 is 1. The molecular formula is C14H19BrF3NO2. The molecule has 0 amide bonds. The summed E-state index contributed by atoms with van der Waals surface area (Å²) in [6, 6.07) is 3.66. The van der Waals surface area contributed by atoms with Crippen LogP contribution >= 0.6 is 15.9 Å². The fraction of sp³-hybridized carbons (Fsp3) is 0.571. The molecule has 0 unspecified atom stereocenters. The van der Waals surface area contributed by atoms with Gasteiger partial charge in [0.1, 0.15) is 5.75 Å². The molecule has 0 bridgehead atoms. The Morgan fingerprint density at radius 3 is 2.57 bits per heavy atom. The Bertz CT molecular complexity index is 453. The summed E-state index contributed by atoms with van der Waals surface area (Å²) in [6.07, 6.45) is -5.17. The van der Waals surface area contributed by atoms with Crippen LogP contribution in [0.3, 0.4) is 0 Å². The zero-order valence-electron chi connectivity index (χ0n) is 12.0. The molecular weight excluding hydrogens is 351 g/mol. The molecule has 0 radical (unpaired) electrons. The molecule has 0 aromatic heterocycles. The molecule has 1 aromatic rings. The number of benzene rings is 1. The molecule has 3 nitrogen and oxygen atoms in total. The van der Waals surface area contributed by atoms with Gasteiger partial charge in [-0.25, -0.2) is 0 Å². The fourth-order valence-electron chi connectivity index (χ4n) is 1.80. The van der Waals surface area contributed by atoms with Gasteiger partial charge in [0.05, 0.1) is 19.6 Å². The Balaban J connectivity index is 2.70. The van der Waals surface area contributed by atoms with E-state index in [9.17, 15) is 13.2 Å². The number of ether oxygens (including phenoxy) is 2. The summed E-state index contributed by atoms with van der Waals surface area (Å²) in [5, 5.41) is 3.16. The molecule has 0 fully saturated rings. The van der Waals surface area contributed by atoms with Gasteiger partial charge in [-0.3, -0.25) is 0 Å². The van der Waals surface area contributed by atoms with Gasteiger partial charge < -0.3 is 14.8 Å². The lowest BCUT2D eigenvalue weighted by Gasteiger charge is -2.16. The van der Waals surface area contributed by atoms with Crippen molar-refractivity contribution in [3.05, 3.63) is 27.7 Å². The van der Waals surface area contributed by atoms with E-state index in [0.717, 1.165) is 15.6 Å². The Labute approximate surface area is 130 Å². The average Bonchev–Trinajstić information content (AvgIpc) is 2.36. The molecule has 0 aliphatic rings. The first-order valence-electron chi connectivity index (χ1n) is 6.51. The van der Waals surface area contributed by atoms with Crippen LogP contribution in [-0.2, 0) is 11.3 Å². The molecule has 1 N–H and O–H groups in total. The summed E-state index contributed by atoms with van der Waals surface area (Å²) >= 11 is 3.38. The third kappa shape index (κ3) is 7.15. The molecule has 1 rings (SSSR count). The number of hydrogen-bond acceptors (Lipinski definition) is 3. The van der Waals surface area contributed by atoms with E-state index < -0.39 is 12.6 Å². The second-order valence-corrected chi connectivity index (χ2v) is 5.51. The smallest absolute Gasteiger partial charge is 0.392 e. The minimum absolute atomic E-state index is 0.378. The van der Waals surface area contributed by atoms with Gasteiger partial charge in [0.2, 0.25) is 0 Å². The zero-order valence-corrected chi connectivity index (χ0v) is 13.6. The van der Waals surface area contributed by atoms with Crippen LogP contribution in [0.25, 0.3) is 0 Å². The monoisotopic (exact) mass is 369 g/mol. The summed E-state index contributed by atoms with van der Waals surface area (Å²) in [6.45, 7) is 3.16. The summed E-state index contributed by atoms with van der Waals surface area (Å²) < 4.78 is 47.7. The zero-order chi connectivity index (χ0) is 15.9. The highest BCUT2D eigenvalue weighted by Crippen LogP contribution is 2.29. The van der Waals surface area contributed by atoms with Crippen molar-refractivity contribution in [3.63, 3.8) is 0 Å². The molecule has 1 aromatic carbocycles. The highest BCUT2D eigenvalue weighted by atomic mass is 79.9. The first kappa shape index (κ1) is 18.3. The lowest BCUT2D eigenvalue weighted by atomic mass is 10.1. The van der Waals surface area contributed by atoms with E-state index in [1.165, 1.54) is 0 Å². The van der Waals surface area contributed by atoms with Crippen LogP contribution in [0.15, 0.2) is 16.6 Å². The van der Waals surface area contributed by atoms with E-state index in [2.05, 4.69) is 21.2 Å². The molecule has 0 aliphatic carbocycles. The lowest BCUT2D eigenvalue weighted by Crippen LogP contribution is -2.20. The quantitative estimate of drug-likeness (QED) is 0.706. The molecule has 0 heterocycles. The normalized spacial score (nSPS) is 11.7. The fourth-order valence-corrected chi connectivity index (χ4v) is 2.42. The minimum atomic E-state index is -4.21. The van der Waals surface area contributed by atoms with Crippen LogP contribution in [0.2, 0.25) is 0 Å². The van der Waals surface area contributed by atoms with Gasteiger partial charge in [-0.1, -0.05) is 15.9 Å². The number of aryl methyl sites for hydroxylation is 1. The van der Waals surface area contributed by atoms with Crippen molar-refractivity contribution in [2.45, 2.75) is 26.1 Å². The Kier molecular flexibility index (Phi) is 7.48. The third-order valence-corrected chi connectivity index (χ3v) is 3.20. The second kappa shape index (κ2) is 8.60. The van der Waals surface area contributed by atoms with Crippen LogP contribution < -0.4 is 10.1 Å². The van der Waals surface area contributed by atoms with E-state index in [4.69, 9.17) is 9.47 Å². The van der Waals surface area contributed by atoms with Crippen LogP contribution in [0, 0.1) is 6.92 Å². The van der Waals surface area contributed by atoms with Crippen molar-refractivity contribution >= 4 is 15.9 Å². The van der Waals surface area contributed by atoms with E-state index >= 15 is 0 Å². The highest BCUT2D eigenvalue weighted by Gasteiger charge is 2.27. The third-order valence-electron chi connectivity index (χ3n) is 2.75. The number of halogens is 4. The van der Waals surface area contributed by atoms with E-state index in [0.29, 0.717) is 25.4 Å². The number of rotatable bonds is 8. The van der Waals surface area contributed by atoms with Gasteiger partial charge in [-0.2, -0.15) is 13.2 Å². The summed E-state index contributed by atoms with van der Waals surface area (Å²) in [4.78, 5) is 0. The number of hydrogen-bond donors (Lipinski definition) is 1. The molecule has 0 atom stereocenters. The van der Waals surface area contributed by atoms with E-state index in [1.54, 1.807) is 7.11 Å². The molecule has 0 saturated heterocycles. The second-order valence-electron chi connectivity index (χ2n) is 4.59. The van der Waals surface area contributed by atoms with Crippen molar-refractivity contribution in [1.82, 2.24) is 5.32 Å². The Morgan fingerprint density at radius 2 is 1.95 bits per heavy atom. The van der Waals surface area contributed by atoms with Crippen LogP contribution in [-0.4, -0.2) is 33.0 Å². The SMILES string of the molecule is COCCNCc1cc(Br)cc(C)c1OCCC(F)(F)F. The van der Waals surface area contributed by atoms with Gasteiger partial charge in [-0.15, -0.1) is 0 Å². The van der Waals surface area contributed by atoms with E-state index in [1.807, 2.05) is 19.1 Å². The summed E-state index contributed by atoms with van der Waals surface area (Å²) in [7, 11) is 1.61. The van der Waals surface area contributed by atoms with Crippen LogP contribution in [0.5, 0.6) is 5.75 Å². The molecule has 0 aliphatic heterocycles. The summed E-state index contributed by atoms with van der Waals surface area (Å²) in [5.74, 6) is 0.507. The lowest BCUT2D eigenvalue weighted by molar-refractivity contribution is -0.139. The Morgan fingerprint density at radius 1 is 1.24 bits per heavy atom. The topological polar surface area (TPSA) is 30.5 Å². The van der Waals surface area contributed by atoms with Gasteiger partial charge in [0.15, 0.2) is 0 Å². The molecule has 7 heteroatoms. The largest absolute Gasteiger partial charge is 0.493 e. The minimum Gasteiger partial charge on any atom is -0.493 e. The van der Waals surface area contributed by atoms with Crippen molar-refractivity contribution in [1.29, 1.82) is 0 Å². The van der Waals surface area contributed by atoms with Gasteiger partial charge in [0.25, 0.3) is 0 Å². The number of nitrogens with one attached hydrogen (secondary N) is 1. The van der Waals surface area contributed by atoms with E-state index in [-0.39, 0.29) is 6.61 Å². The van der Waals surface area contributed by atoms with Gasteiger partial charge in [-0.05, 0) is 24.6 Å². The maximum Gasteiger partial charge on any atom is 0.392 e. The maximum atomic E-state index is 12.2. The standard InChI is InChI=1S/C14H19BrF3NO2/c1-10-7-12(15)8-11(9-19-4-6-20-2)13(10)21-5-3-14(16,17)18/h7-8,19H,3-6,9H2,1-2H3. The molecule has 0 spiro atoms. The first-order chi connectivity index (χ1) is 9.83. The van der Waals surface area contributed by atoms with Gasteiger partial charge in [0, 0.05) is 30.2 Å². The van der Waals surface area contributed by atoms with Crippen molar-refractivity contribution in [2.75, 3.05) is 26.9 Å². The van der Waals surface area contributed by atoms with Crippen LogP contribution in [0.1, 0.15) is 17.5 Å². The first-order valence-corrected chi connectivity index (χ1v) is 7.31. The van der Waals surface area contributed by atoms with Crippen LogP contribution in [0.4, 0.5) is 13.2 Å². The van der Waals surface area contributed by atoms with Gasteiger partial charge >= 0.3 is 6.18 Å². The van der Waals surface area contributed by atoms with Crippen molar-refractivity contribution in [2.24, 2.45) is 0 Å². The maximum absolute atomic E-state index is 12.2. The van der Waals surface area contributed by atoms with Crippen molar-refractivity contribution in [3.8, 4) is 5.75 Å². The Hall–Kier alpha value is -0.790. The predicted molar refractivity (Wildman–Crippen MR) is 78.6 cm³/mol. The molecule has 0 saturated carbocycles. The molecule has 120 valence electrons. The molecule has 21 heavy (non-hydrogen) atoms. The average molecular weight is 370 g/mol. The number of alkyl halides is 3. The summed E-state index contributed by atoms with van der Waals surface area (Å²) in [5.41, 5.74) is 1.62. The predicted octanol–water partition coefficient (Wildman–Crippen LogP) is 3.82.